The lowest BCUT2D eigenvalue weighted by molar-refractivity contribution is 0.792. The fraction of sp³-hybridized carbons (Fsp3) is 0.217. The summed E-state index contributed by atoms with van der Waals surface area (Å²) < 4.78 is 2.02. The van der Waals surface area contributed by atoms with Gasteiger partial charge in [-0.1, -0.05) is 30.3 Å². The number of aromatic nitrogens is 3. The monoisotopic (exact) mass is 514 g/mol. The Kier molecular flexibility index (Phi) is 7.51. The Morgan fingerprint density at radius 2 is 2.00 bits per heavy atom. The molecular formula is C23H27IN6. The van der Waals surface area contributed by atoms with Gasteiger partial charge < -0.3 is 20.2 Å². The highest BCUT2D eigenvalue weighted by molar-refractivity contribution is 14.0. The molecule has 156 valence electrons. The molecule has 4 rings (SSSR count). The third kappa shape index (κ3) is 5.02. The maximum Gasteiger partial charge on any atom is 0.191 e. The van der Waals surface area contributed by atoms with Gasteiger partial charge in [0.1, 0.15) is 0 Å². The van der Waals surface area contributed by atoms with Crippen LogP contribution in [-0.4, -0.2) is 34.1 Å². The summed E-state index contributed by atoms with van der Waals surface area (Å²) >= 11 is 0. The van der Waals surface area contributed by atoms with Crippen LogP contribution in [-0.2, 0) is 13.0 Å². The Labute approximate surface area is 193 Å². The van der Waals surface area contributed by atoms with E-state index in [0.29, 0.717) is 6.54 Å². The lowest BCUT2D eigenvalue weighted by atomic mass is 10.1. The molecule has 0 fully saturated rings. The van der Waals surface area contributed by atoms with Crippen molar-refractivity contribution in [3.63, 3.8) is 0 Å². The predicted molar refractivity (Wildman–Crippen MR) is 134 cm³/mol. The van der Waals surface area contributed by atoms with E-state index in [1.807, 2.05) is 29.2 Å². The fourth-order valence-electron chi connectivity index (χ4n) is 3.54. The quantitative estimate of drug-likeness (QED) is 0.205. The van der Waals surface area contributed by atoms with Gasteiger partial charge in [-0.25, -0.2) is 4.98 Å². The second-order valence-electron chi connectivity index (χ2n) is 7.06. The number of imidazole rings is 1. The van der Waals surface area contributed by atoms with Crippen molar-refractivity contribution in [2.45, 2.75) is 19.9 Å². The molecule has 0 saturated carbocycles. The Bertz CT molecular complexity index is 1110. The van der Waals surface area contributed by atoms with E-state index in [0.717, 1.165) is 24.6 Å². The van der Waals surface area contributed by atoms with E-state index >= 15 is 0 Å². The maximum absolute atomic E-state index is 4.36. The predicted octanol–water partition coefficient (Wildman–Crippen LogP) is 4.19. The largest absolute Gasteiger partial charge is 0.361 e. The van der Waals surface area contributed by atoms with Crippen molar-refractivity contribution in [3.05, 3.63) is 84.1 Å². The number of aryl methyl sites for hydroxylation is 1. The zero-order valence-electron chi connectivity index (χ0n) is 17.2. The molecule has 2 aromatic heterocycles. The molecular weight excluding hydrogens is 487 g/mol. The van der Waals surface area contributed by atoms with E-state index in [4.69, 9.17) is 0 Å². The van der Waals surface area contributed by atoms with Crippen molar-refractivity contribution in [1.29, 1.82) is 0 Å². The van der Waals surface area contributed by atoms with Gasteiger partial charge in [-0.05, 0) is 42.2 Å². The van der Waals surface area contributed by atoms with Gasteiger partial charge in [0, 0.05) is 49.6 Å². The second kappa shape index (κ2) is 10.3. The van der Waals surface area contributed by atoms with Gasteiger partial charge in [-0.2, -0.15) is 0 Å². The molecule has 7 heteroatoms. The topological polar surface area (TPSA) is 70.0 Å². The Morgan fingerprint density at radius 1 is 1.13 bits per heavy atom. The van der Waals surface area contributed by atoms with E-state index in [1.54, 1.807) is 13.2 Å². The molecule has 0 aliphatic heterocycles. The van der Waals surface area contributed by atoms with E-state index in [1.165, 1.54) is 27.6 Å². The van der Waals surface area contributed by atoms with Gasteiger partial charge in [0.15, 0.2) is 5.96 Å². The number of halogens is 1. The minimum Gasteiger partial charge on any atom is -0.361 e. The fourth-order valence-corrected chi connectivity index (χ4v) is 3.54. The van der Waals surface area contributed by atoms with Crippen LogP contribution in [0.15, 0.2) is 72.4 Å². The Balaban J connectivity index is 0.00000256. The number of rotatable bonds is 6. The molecule has 0 spiro atoms. The average molecular weight is 514 g/mol. The molecule has 2 aromatic carbocycles. The molecule has 0 amide bonds. The van der Waals surface area contributed by atoms with E-state index in [-0.39, 0.29) is 24.0 Å². The Hall–Kier alpha value is -2.81. The van der Waals surface area contributed by atoms with E-state index < -0.39 is 0 Å². The number of para-hydroxylation sites is 1. The van der Waals surface area contributed by atoms with Crippen molar-refractivity contribution < 1.29 is 0 Å². The molecule has 0 bridgehead atoms. The van der Waals surface area contributed by atoms with Crippen LogP contribution in [0.3, 0.4) is 0 Å². The summed E-state index contributed by atoms with van der Waals surface area (Å²) in [6, 6.07) is 14.8. The van der Waals surface area contributed by atoms with Gasteiger partial charge in [-0.3, -0.25) is 4.99 Å². The highest BCUT2D eigenvalue weighted by Crippen LogP contribution is 2.19. The number of H-pyrrole nitrogens is 1. The molecule has 0 radical (unpaired) electrons. The first kappa shape index (κ1) is 21.9. The molecule has 4 aromatic rings. The van der Waals surface area contributed by atoms with Crippen LogP contribution >= 0.6 is 24.0 Å². The molecule has 6 nitrogen and oxygen atoms in total. The molecule has 0 aliphatic carbocycles. The van der Waals surface area contributed by atoms with Gasteiger partial charge in [-0.15, -0.1) is 24.0 Å². The summed E-state index contributed by atoms with van der Waals surface area (Å²) in [4.78, 5) is 11.9. The maximum atomic E-state index is 4.36. The number of fused-ring (bicyclic) bond motifs is 1. The summed E-state index contributed by atoms with van der Waals surface area (Å²) in [5.74, 6) is 0.793. The number of hydrogen-bond donors (Lipinski definition) is 3. The van der Waals surface area contributed by atoms with Crippen LogP contribution in [0.1, 0.15) is 16.7 Å². The number of nitrogens with one attached hydrogen (secondary N) is 3. The Morgan fingerprint density at radius 3 is 2.80 bits per heavy atom. The smallest absolute Gasteiger partial charge is 0.191 e. The molecule has 2 heterocycles. The number of guanidine groups is 1. The zero-order valence-corrected chi connectivity index (χ0v) is 19.6. The normalized spacial score (nSPS) is 11.3. The number of aromatic amines is 1. The highest BCUT2D eigenvalue weighted by Gasteiger charge is 2.06. The van der Waals surface area contributed by atoms with Gasteiger partial charge >= 0.3 is 0 Å². The lowest BCUT2D eigenvalue weighted by Gasteiger charge is -2.14. The van der Waals surface area contributed by atoms with E-state index in [9.17, 15) is 0 Å². The molecule has 0 unspecified atom stereocenters. The van der Waals surface area contributed by atoms with Crippen LogP contribution in [0.4, 0.5) is 0 Å². The number of hydrogen-bond acceptors (Lipinski definition) is 2. The van der Waals surface area contributed by atoms with Crippen LogP contribution in [0.25, 0.3) is 16.6 Å². The summed E-state index contributed by atoms with van der Waals surface area (Å²) in [6.45, 7) is 3.60. The number of aliphatic imine (C=N–C) groups is 1. The van der Waals surface area contributed by atoms with Gasteiger partial charge in [0.25, 0.3) is 0 Å². The minimum atomic E-state index is 0. The SMILES string of the molecule is CN=C(NCCc1c[nH]c2cc(C)ccc12)NCc1ccccc1-n1ccnc1.I. The van der Waals surface area contributed by atoms with E-state index in [2.05, 4.69) is 69.0 Å². The molecule has 3 N–H and O–H groups in total. The second-order valence-corrected chi connectivity index (χ2v) is 7.06. The third-order valence-electron chi connectivity index (χ3n) is 5.05. The molecule has 0 atom stereocenters. The lowest BCUT2D eigenvalue weighted by Crippen LogP contribution is -2.38. The van der Waals surface area contributed by atoms with Crippen LogP contribution in [0, 0.1) is 6.92 Å². The van der Waals surface area contributed by atoms with Crippen LogP contribution in [0.5, 0.6) is 0 Å². The standard InChI is InChI=1S/C23H26N6.HI/c1-17-7-8-20-18(14-27-21(20)13-17)9-10-26-23(24-2)28-15-19-5-3-4-6-22(19)29-12-11-25-16-29;/h3-8,11-14,16,27H,9-10,15H2,1-2H3,(H2,24,26,28);1H. The summed E-state index contributed by atoms with van der Waals surface area (Å²) in [6.07, 6.45) is 8.58. The van der Waals surface area contributed by atoms with Crippen molar-refractivity contribution in [3.8, 4) is 5.69 Å². The van der Waals surface area contributed by atoms with Crippen LogP contribution < -0.4 is 10.6 Å². The van der Waals surface area contributed by atoms with Crippen molar-refractivity contribution in [2.24, 2.45) is 4.99 Å². The first-order valence-electron chi connectivity index (χ1n) is 9.82. The number of nitrogens with zero attached hydrogens (tertiary/aromatic N) is 3. The minimum absolute atomic E-state index is 0. The summed E-state index contributed by atoms with van der Waals surface area (Å²) in [5.41, 5.74) is 6.07. The zero-order chi connectivity index (χ0) is 20.1. The van der Waals surface area contributed by atoms with Crippen LogP contribution in [0.2, 0.25) is 0 Å². The highest BCUT2D eigenvalue weighted by atomic mass is 127. The first-order chi connectivity index (χ1) is 14.2. The average Bonchev–Trinajstić information content (AvgIpc) is 3.41. The summed E-state index contributed by atoms with van der Waals surface area (Å²) in [7, 11) is 1.80. The third-order valence-corrected chi connectivity index (χ3v) is 5.05. The summed E-state index contributed by atoms with van der Waals surface area (Å²) in [5, 5.41) is 8.11. The van der Waals surface area contributed by atoms with Crippen molar-refractivity contribution in [1.82, 2.24) is 25.2 Å². The van der Waals surface area contributed by atoms with Gasteiger partial charge in [0.05, 0.1) is 12.0 Å². The van der Waals surface area contributed by atoms with Crippen molar-refractivity contribution in [2.75, 3.05) is 13.6 Å². The molecule has 0 aliphatic rings. The first-order valence-corrected chi connectivity index (χ1v) is 9.82. The number of benzene rings is 2. The molecule has 30 heavy (non-hydrogen) atoms. The van der Waals surface area contributed by atoms with Crippen molar-refractivity contribution >= 4 is 40.8 Å². The van der Waals surface area contributed by atoms with Gasteiger partial charge in [0.2, 0.25) is 0 Å². The molecule has 0 saturated heterocycles.